The maximum atomic E-state index is 11.3. The van der Waals surface area contributed by atoms with Crippen molar-refractivity contribution in [2.45, 2.75) is 10.5 Å². The summed E-state index contributed by atoms with van der Waals surface area (Å²) < 4.78 is 0.961. The number of carboxylic acid groups (broad SMARTS) is 2. The van der Waals surface area contributed by atoms with Gasteiger partial charge in [0, 0.05) is 0 Å². The topological polar surface area (TPSA) is 177 Å². The predicted molar refractivity (Wildman–Crippen MR) is 102 cm³/mol. The van der Waals surface area contributed by atoms with Gasteiger partial charge in [-0.15, -0.1) is 0 Å². The zero-order valence-corrected chi connectivity index (χ0v) is 16.4. The third-order valence-electron chi connectivity index (χ3n) is 3.18. The number of rotatable bonds is 5. The van der Waals surface area contributed by atoms with Crippen molar-refractivity contribution in [1.29, 1.82) is 0 Å². The van der Waals surface area contributed by atoms with Crippen LogP contribution >= 0.6 is 20.0 Å². The Morgan fingerprint density at radius 3 is 1.92 bits per heavy atom. The van der Waals surface area contributed by atoms with Crippen molar-refractivity contribution < 1.29 is 19.8 Å². The first-order chi connectivity index (χ1) is 12.3. The number of nitrogen functional groups attached to an aromatic ring is 2. The molecule has 7 N–H and O–H groups in total. The van der Waals surface area contributed by atoms with Gasteiger partial charge < -0.3 is 0 Å². The van der Waals surface area contributed by atoms with Crippen molar-refractivity contribution in [3.8, 4) is 0 Å². The van der Waals surface area contributed by atoms with Gasteiger partial charge in [-0.25, -0.2) is 0 Å². The molecule has 1 aromatic heterocycles. The molecule has 136 valence electrons. The Labute approximate surface area is 158 Å². The molecular weight excluding hydrogens is 443 g/mol. The van der Waals surface area contributed by atoms with Crippen LogP contribution in [0.3, 0.4) is 0 Å². The van der Waals surface area contributed by atoms with E-state index in [1.54, 1.807) is 12.1 Å². The van der Waals surface area contributed by atoms with Crippen LogP contribution in [0.1, 0.15) is 0 Å². The number of benzene rings is 1. The Morgan fingerprint density at radius 1 is 0.962 bits per heavy atom. The van der Waals surface area contributed by atoms with E-state index >= 15 is 0 Å². The summed E-state index contributed by atoms with van der Waals surface area (Å²) in [6, 6.07) is 7.26. The fourth-order valence-corrected chi connectivity index (χ4v) is 17.7. The van der Waals surface area contributed by atoms with Crippen LogP contribution in [0.15, 0.2) is 24.3 Å². The molecule has 1 aliphatic heterocycles. The van der Waals surface area contributed by atoms with Crippen LogP contribution in [0.5, 0.6) is 0 Å². The molecule has 1 aromatic carbocycles. The fourth-order valence-electron chi connectivity index (χ4n) is 2.07. The molecule has 13 heteroatoms. The second kappa shape index (κ2) is 7.60. The maximum absolute atomic E-state index is 11.3. The minimum atomic E-state index is -1.90. The van der Waals surface area contributed by atoms with E-state index in [1.165, 1.54) is 20.0 Å². The van der Waals surface area contributed by atoms with Gasteiger partial charge in [-0.05, 0) is 0 Å². The van der Waals surface area contributed by atoms with E-state index in [1.807, 2.05) is 12.1 Å². The molecule has 2 heterocycles. The Morgan fingerprint density at radius 2 is 1.46 bits per heavy atom. The molecule has 0 bridgehead atoms. The molecule has 10 nitrogen and oxygen atoms in total. The molecule has 3 rings (SSSR count). The molecule has 1 aliphatic rings. The zero-order valence-electron chi connectivity index (χ0n) is 12.9. The number of nitrogens with two attached hydrogens (primary N) is 2. The van der Waals surface area contributed by atoms with Crippen LogP contribution < -0.4 is 21.1 Å². The Kier molecular flexibility index (Phi) is 5.44. The summed E-state index contributed by atoms with van der Waals surface area (Å²) in [7, 11) is 2.53. The van der Waals surface area contributed by atoms with Crippen molar-refractivity contribution in [3.63, 3.8) is 0 Å². The van der Waals surface area contributed by atoms with Crippen molar-refractivity contribution in [2.24, 2.45) is 0 Å². The number of hydrogen-bond donors (Lipinski definition) is 5. The number of carbonyl (C=O) groups is 2. The van der Waals surface area contributed by atoms with Crippen molar-refractivity contribution >= 4 is 72.2 Å². The molecule has 0 aliphatic carbocycles. The number of aliphatic carboxylic acids is 2. The predicted octanol–water partition coefficient (Wildman–Crippen LogP) is -0.139. The summed E-state index contributed by atoms with van der Waals surface area (Å²) in [5, 5.41) is 19.6. The minimum absolute atomic E-state index is 0.00239. The first kappa shape index (κ1) is 18.6. The monoisotopic (exact) mass is 456 g/mol. The van der Waals surface area contributed by atoms with Gasteiger partial charge in [-0.2, -0.15) is 0 Å². The normalized spacial score (nSPS) is 22.1. The average Bonchev–Trinajstić information content (AvgIpc) is 3.00. The van der Waals surface area contributed by atoms with Gasteiger partial charge in [0.05, 0.1) is 0 Å². The number of aromatic nitrogens is 3. The van der Waals surface area contributed by atoms with Gasteiger partial charge in [-0.3, -0.25) is 0 Å². The number of anilines is 4. The van der Waals surface area contributed by atoms with E-state index in [0.717, 1.165) is 4.35 Å². The standard InChI is InChI=1S/C13H13AsN6O4S2/c15-11-18-12(16)20-13(19-11)17-6-3-1-5(2-4-6)14-25-7(9(21)22)8(26-14)10(23)24/h1-4,7-8H,(H,21,22)(H,23,24)(H5,15,16,17,18,19,20). The van der Waals surface area contributed by atoms with Gasteiger partial charge in [-0.1, -0.05) is 0 Å². The van der Waals surface area contributed by atoms with Crippen LogP contribution in [0.25, 0.3) is 0 Å². The average molecular weight is 456 g/mol. The molecule has 1 saturated heterocycles. The molecule has 0 saturated carbocycles. The molecule has 26 heavy (non-hydrogen) atoms. The number of hydrogen-bond acceptors (Lipinski definition) is 10. The van der Waals surface area contributed by atoms with Crippen molar-refractivity contribution in [3.05, 3.63) is 24.3 Å². The third kappa shape index (κ3) is 4.14. The SMILES string of the molecule is Nc1nc(N)nc(Nc2ccc([As]3SC(C(=O)O)C(C(=O)O)S3)cc2)n1. The first-order valence-corrected chi connectivity index (χ1v) is 14.3. The second-order valence-corrected chi connectivity index (χ2v) is 16.3. The second-order valence-electron chi connectivity index (χ2n) is 5.03. The van der Waals surface area contributed by atoms with Crippen LogP contribution in [0.2, 0.25) is 0 Å². The van der Waals surface area contributed by atoms with Crippen molar-refractivity contribution in [1.82, 2.24) is 15.0 Å². The van der Waals surface area contributed by atoms with Crippen LogP contribution in [0.4, 0.5) is 23.5 Å². The third-order valence-corrected chi connectivity index (χ3v) is 16.8. The molecule has 2 unspecified atom stereocenters. The zero-order chi connectivity index (χ0) is 18.8. The Balaban J connectivity index is 1.73. The van der Waals surface area contributed by atoms with Gasteiger partial charge in [0.2, 0.25) is 0 Å². The molecule has 2 atom stereocenters. The molecule has 0 spiro atoms. The van der Waals surface area contributed by atoms with E-state index in [9.17, 15) is 19.8 Å². The van der Waals surface area contributed by atoms with E-state index in [-0.39, 0.29) is 17.8 Å². The van der Waals surface area contributed by atoms with E-state index in [4.69, 9.17) is 11.5 Å². The quantitative estimate of drug-likeness (QED) is 0.377. The summed E-state index contributed by atoms with van der Waals surface area (Å²) in [4.78, 5) is 34.1. The van der Waals surface area contributed by atoms with Gasteiger partial charge in [0.15, 0.2) is 0 Å². The first-order valence-electron chi connectivity index (χ1n) is 7.07. The fraction of sp³-hybridized carbons (Fsp3) is 0.154. The number of nitrogens with zero attached hydrogens (tertiary/aromatic N) is 3. The number of nitrogens with one attached hydrogen (secondary N) is 1. The van der Waals surface area contributed by atoms with E-state index in [0.29, 0.717) is 5.69 Å². The van der Waals surface area contributed by atoms with Gasteiger partial charge in [0.25, 0.3) is 0 Å². The molecule has 0 amide bonds. The molecule has 2 aromatic rings. The van der Waals surface area contributed by atoms with E-state index in [2.05, 4.69) is 20.3 Å². The summed E-state index contributed by atoms with van der Waals surface area (Å²) in [6.07, 6.45) is 0. The van der Waals surface area contributed by atoms with Gasteiger partial charge >= 0.3 is 159 Å². The molecule has 0 radical (unpaired) electrons. The molecular formula is C13H13AsN6O4S2. The van der Waals surface area contributed by atoms with Crippen LogP contribution in [-0.2, 0) is 9.59 Å². The van der Waals surface area contributed by atoms with Gasteiger partial charge in [0.1, 0.15) is 0 Å². The summed E-state index contributed by atoms with van der Waals surface area (Å²) in [5.41, 5.74) is 11.7. The number of carboxylic acids is 2. The Bertz CT molecular complexity index is 813. The summed E-state index contributed by atoms with van der Waals surface area (Å²) in [5.74, 6) is -1.96. The summed E-state index contributed by atoms with van der Waals surface area (Å²) in [6.45, 7) is 0. The van der Waals surface area contributed by atoms with Crippen LogP contribution in [-0.4, -0.2) is 59.9 Å². The van der Waals surface area contributed by atoms with Crippen LogP contribution in [0, 0.1) is 0 Å². The Hall–Kier alpha value is -2.17. The van der Waals surface area contributed by atoms with E-state index < -0.39 is 34.8 Å². The van der Waals surface area contributed by atoms with Crippen molar-refractivity contribution in [2.75, 3.05) is 16.8 Å². The summed E-state index contributed by atoms with van der Waals surface area (Å²) >= 11 is -1.90. The molecule has 1 fully saturated rings.